The Kier molecular flexibility index (Phi) is 6.02. The van der Waals surface area contributed by atoms with Crippen LogP contribution in [0.25, 0.3) is 5.57 Å². The van der Waals surface area contributed by atoms with Crippen LogP contribution in [0.5, 0.6) is 5.75 Å². The number of benzene rings is 2. The highest BCUT2D eigenvalue weighted by molar-refractivity contribution is 6.35. The van der Waals surface area contributed by atoms with Crippen molar-refractivity contribution in [3.05, 3.63) is 70.4 Å². The molecule has 6 nitrogen and oxygen atoms in total. The summed E-state index contributed by atoms with van der Waals surface area (Å²) in [6.45, 7) is 0.170. The van der Waals surface area contributed by atoms with Crippen molar-refractivity contribution in [1.82, 2.24) is 9.80 Å². The van der Waals surface area contributed by atoms with Gasteiger partial charge in [-0.3, -0.25) is 14.5 Å². The van der Waals surface area contributed by atoms with E-state index in [0.717, 1.165) is 0 Å². The Morgan fingerprint density at radius 1 is 1.07 bits per heavy atom. The highest BCUT2D eigenvalue weighted by atomic mass is 35.5. The minimum Gasteiger partial charge on any atom is -0.497 e. The summed E-state index contributed by atoms with van der Waals surface area (Å²) in [6.07, 6.45) is 0. The standard InChI is InChI=1S/C21H21ClN2O4/c1-23(11-12-25)19-18(14-7-9-16(28-2)10-8-14)20(26)24(21(19)27)13-15-5-3-4-6-17(15)22/h3-10,25H,11-13H2,1-2H3. The summed E-state index contributed by atoms with van der Waals surface area (Å²) < 4.78 is 5.17. The number of aliphatic hydroxyl groups is 1. The van der Waals surface area contributed by atoms with Crippen LogP contribution in [0.4, 0.5) is 0 Å². The third-order valence-electron chi connectivity index (χ3n) is 4.63. The number of amides is 2. The number of rotatable bonds is 7. The van der Waals surface area contributed by atoms with Crippen molar-refractivity contribution in [2.75, 3.05) is 27.3 Å². The summed E-state index contributed by atoms with van der Waals surface area (Å²) in [5.41, 5.74) is 1.86. The molecule has 0 atom stereocenters. The van der Waals surface area contributed by atoms with Gasteiger partial charge in [0.05, 0.1) is 25.8 Å². The molecule has 1 aliphatic heterocycles. The monoisotopic (exact) mass is 400 g/mol. The molecular weight excluding hydrogens is 380 g/mol. The molecule has 0 aliphatic carbocycles. The number of ether oxygens (including phenoxy) is 1. The van der Waals surface area contributed by atoms with E-state index in [1.807, 2.05) is 6.07 Å². The molecule has 7 heteroatoms. The topological polar surface area (TPSA) is 70.1 Å². The van der Waals surface area contributed by atoms with E-state index >= 15 is 0 Å². The Bertz CT molecular complexity index is 924. The van der Waals surface area contributed by atoms with Gasteiger partial charge in [-0.1, -0.05) is 41.9 Å². The van der Waals surface area contributed by atoms with E-state index in [2.05, 4.69) is 0 Å². The number of carbonyl (C=O) groups excluding carboxylic acids is 2. The van der Waals surface area contributed by atoms with Crippen LogP contribution in [0.15, 0.2) is 54.2 Å². The molecule has 0 fully saturated rings. The molecule has 146 valence electrons. The third kappa shape index (κ3) is 3.74. The number of hydrogen-bond acceptors (Lipinski definition) is 5. The normalized spacial score (nSPS) is 14.1. The minimum absolute atomic E-state index is 0.0768. The van der Waals surface area contributed by atoms with E-state index in [4.69, 9.17) is 16.3 Å². The second kappa shape index (κ2) is 8.46. The van der Waals surface area contributed by atoms with Gasteiger partial charge in [-0.25, -0.2) is 0 Å². The Balaban J connectivity index is 2.02. The summed E-state index contributed by atoms with van der Waals surface area (Å²) in [6, 6.07) is 14.1. The second-order valence-electron chi connectivity index (χ2n) is 6.39. The van der Waals surface area contributed by atoms with Crippen molar-refractivity contribution in [3.8, 4) is 5.75 Å². The summed E-state index contributed by atoms with van der Waals surface area (Å²) >= 11 is 6.21. The van der Waals surface area contributed by atoms with Gasteiger partial charge in [-0.05, 0) is 29.3 Å². The van der Waals surface area contributed by atoms with E-state index in [0.29, 0.717) is 27.5 Å². The predicted octanol–water partition coefficient (Wildman–Crippen LogP) is 2.55. The largest absolute Gasteiger partial charge is 0.497 e. The van der Waals surface area contributed by atoms with Crippen molar-refractivity contribution in [2.24, 2.45) is 0 Å². The first-order valence-electron chi connectivity index (χ1n) is 8.78. The summed E-state index contributed by atoms with van der Waals surface area (Å²) in [4.78, 5) is 29.1. The number of aliphatic hydroxyl groups excluding tert-OH is 1. The minimum atomic E-state index is -0.410. The van der Waals surface area contributed by atoms with E-state index in [1.165, 1.54) is 4.90 Å². The summed E-state index contributed by atoms with van der Waals surface area (Å²) in [7, 11) is 3.24. The fourth-order valence-electron chi connectivity index (χ4n) is 3.14. The molecule has 28 heavy (non-hydrogen) atoms. The molecule has 3 rings (SSSR count). The van der Waals surface area contributed by atoms with E-state index in [9.17, 15) is 14.7 Å². The zero-order valence-electron chi connectivity index (χ0n) is 15.7. The van der Waals surface area contributed by atoms with Gasteiger partial charge in [0.15, 0.2) is 0 Å². The van der Waals surface area contributed by atoms with E-state index in [1.54, 1.807) is 61.5 Å². The second-order valence-corrected chi connectivity index (χ2v) is 6.79. The van der Waals surface area contributed by atoms with Gasteiger partial charge >= 0.3 is 0 Å². The zero-order valence-corrected chi connectivity index (χ0v) is 16.4. The van der Waals surface area contributed by atoms with Gasteiger partial charge in [-0.15, -0.1) is 0 Å². The first kappa shape index (κ1) is 19.9. The van der Waals surface area contributed by atoms with Crippen LogP contribution >= 0.6 is 11.6 Å². The Labute approximate surface area is 168 Å². The quantitative estimate of drug-likeness (QED) is 0.723. The third-order valence-corrected chi connectivity index (χ3v) is 4.99. The first-order chi connectivity index (χ1) is 13.5. The first-order valence-corrected chi connectivity index (χ1v) is 9.16. The number of nitrogens with zero attached hydrogens (tertiary/aromatic N) is 2. The van der Waals surface area contributed by atoms with Crippen LogP contribution in [-0.2, 0) is 16.1 Å². The number of methoxy groups -OCH3 is 1. The maximum absolute atomic E-state index is 13.2. The van der Waals surface area contributed by atoms with Gasteiger partial charge in [-0.2, -0.15) is 0 Å². The van der Waals surface area contributed by atoms with Crippen LogP contribution in [0, 0.1) is 0 Å². The predicted molar refractivity (Wildman–Crippen MR) is 107 cm³/mol. The number of hydrogen-bond donors (Lipinski definition) is 1. The maximum Gasteiger partial charge on any atom is 0.278 e. The molecule has 0 aromatic heterocycles. The molecule has 0 saturated carbocycles. The fourth-order valence-corrected chi connectivity index (χ4v) is 3.33. The van der Waals surface area contributed by atoms with E-state index in [-0.39, 0.29) is 25.4 Å². The molecular formula is C21H21ClN2O4. The number of likely N-dealkylation sites (N-methyl/N-ethyl adjacent to an activating group) is 1. The van der Waals surface area contributed by atoms with Crippen molar-refractivity contribution < 1.29 is 19.4 Å². The number of carbonyl (C=O) groups is 2. The van der Waals surface area contributed by atoms with E-state index < -0.39 is 11.8 Å². The lowest BCUT2D eigenvalue weighted by Gasteiger charge is -2.20. The molecule has 1 N–H and O–H groups in total. The fraction of sp³-hybridized carbons (Fsp3) is 0.238. The average molecular weight is 401 g/mol. The Hall–Kier alpha value is -2.83. The summed E-state index contributed by atoms with van der Waals surface area (Å²) in [5.74, 6) is -0.152. The molecule has 1 heterocycles. The summed E-state index contributed by atoms with van der Waals surface area (Å²) in [5, 5.41) is 9.80. The van der Waals surface area contributed by atoms with Crippen molar-refractivity contribution >= 4 is 29.0 Å². The van der Waals surface area contributed by atoms with Crippen molar-refractivity contribution in [1.29, 1.82) is 0 Å². The number of halogens is 1. The molecule has 0 bridgehead atoms. The lowest BCUT2D eigenvalue weighted by atomic mass is 10.0. The van der Waals surface area contributed by atoms with Crippen LogP contribution in [0.2, 0.25) is 5.02 Å². The highest BCUT2D eigenvalue weighted by Crippen LogP contribution is 2.33. The Morgan fingerprint density at radius 3 is 2.36 bits per heavy atom. The molecule has 1 aliphatic rings. The molecule has 0 spiro atoms. The average Bonchev–Trinajstić information content (AvgIpc) is 2.94. The lowest BCUT2D eigenvalue weighted by Crippen LogP contribution is -2.34. The highest BCUT2D eigenvalue weighted by Gasteiger charge is 2.40. The molecule has 2 aromatic rings. The molecule has 0 saturated heterocycles. The molecule has 2 aromatic carbocycles. The van der Waals surface area contributed by atoms with Crippen molar-refractivity contribution in [2.45, 2.75) is 6.54 Å². The van der Waals surface area contributed by atoms with Crippen LogP contribution in [0.1, 0.15) is 11.1 Å². The SMILES string of the molecule is COc1ccc(C2=C(N(C)CCO)C(=O)N(Cc3ccccc3Cl)C2=O)cc1. The van der Waals surface area contributed by atoms with Gasteiger partial charge < -0.3 is 14.7 Å². The smallest absolute Gasteiger partial charge is 0.278 e. The maximum atomic E-state index is 13.2. The van der Waals surface area contributed by atoms with Crippen LogP contribution in [-0.4, -0.2) is 54.0 Å². The van der Waals surface area contributed by atoms with Gasteiger partial charge in [0.1, 0.15) is 11.4 Å². The Morgan fingerprint density at radius 2 is 1.75 bits per heavy atom. The molecule has 0 unspecified atom stereocenters. The van der Waals surface area contributed by atoms with Gasteiger partial charge in [0.25, 0.3) is 11.8 Å². The van der Waals surface area contributed by atoms with Gasteiger partial charge in [0, 0.05) is 18.6 Å². The van der Waals surface area contributed by atoms with Gasteiger partial charge in [0.2, 0.25) is 0 Å². The molecule has 0 radical (unpaired) electrons. The van der Waals surface area contributed by atoms with Crippen LogP contribution < -0.4 is 4.74 Å². The molecule has 2 amide bonds. The van der Waals surface area contributed by atoms with Crippen LogP contribution in [0.3, 0.4) is 0 Å². The van der Waals surface area contributed by atoms with Crippen molar-refractivity contribution in [3.63, 3.8) is 0 Å². The lowest BCUT2D eigenvalue weighted by molar-refractivity contribution is -0.138. The zero-order chi connectivity index (χ0) is 20.3. The number of imide groups is 1.